The van der Waals surface area contributed by atoms with E-state index in [1.165, 1.54) is 0 Å². The first kappa shape index (κ1) is 9.52. The lowest BCUT2D eigenvalue weighted by Crippen LogP contribution is -2.08. The van der Waals surface area contributed by atoms with E-state index in [0.29, 0.717) is 11.3 Å². The molecule has 0 aromatic heterocycles. The van der Waals surface area contributed by atoms with Gasteiger partial charge in [0.15, 0.2) is 0 Å². The number of allylic oxidation sites excluding steroid dienone is 1. The molecule has 0 bridgehead atoms. The van der Waals surface area contributed by atoms with Crippen LogP contribution in [0.3, 0.4) is 0 Å². The van der Waals surface area contributed by atoms with Crippen LogP contribution in [-0.4, -0.2) is 5.97 Å². The third-order valence-electron chi connectivity index (χ3n) is 1.71. The van der Waals surface area contributed by atoms with Crippen molar-refractivity contribution in [3.05, 3.63) is 42.0 Å². The van der Waals surface area contributed by atoms with Crippen LogP contribution in [0.15, 0.2) is 42.0 Å². The van der Waals surface area contributed by atoms with Gasteiger partial charge in [-0.15, -0.1) is 0 Å². The lowest BCUT2D eigenvalue weighted by atomic mass is 10.3. The van der Waals surface area contributed by atoms with Crippen LogP contribution in [-0.2, 0) is 4.79 Å². The Morgan fingerprint density at radius 3 is 2.46 bits per heavy atom. The maximum atomic E-state index is 11.3. The summed E-state index contributed by atoms with van der Waals surface area (Å²) < 4.78 is 5.06. The molecule has 68 valence electrons. The maximum Gasteiger partial charge on any atom is 0.338 e. The Kier molecular flexibility index (Phi) is 3.26. The van der Waals surface area contributed by atoms with E-state index in [1.807, 2.05) is 25.1 Å². The summed E-state index contributed by atoms with van der Waals surface area (Å²) in [6, 6.07) is 9.03. The predicted molar refractivity (Wildman–Crippen MR) is 51.5 cm³/mol. The van der Waals surface area contributed by atoms with E-state index in [0.717, 1.165) is 0 Å². The molecule has 0 aliphatic carbocycles. The molecule has 0 N–H and O–H groups in total. The van der Waals surface area contributed by atoms with Crippen molar-refractivity contribution in [1.29, 1.82) is 0 Å². The van der Waals surface area contributed by atoms with Gasteiger partial charge in [-0.05, 0) is 26.0 Å². The summed E-state index contributed by atoms with van der Waals surface area (Å²) in [7, 11) is 0. The van der Waals surface area contributed by atoms with Gasteiger partial charge in [-0.25, -0.2) is 4.79 Å². The molecule has 1 aromatic carbocycles. The van der Waals surface area contributed by atoms with Crippen molar-refractivity contribution in [2.24, 2.45) is 0 Å². The van der Waals surface area contributed by atoms with Crippen molar-refractivity contribution in [3.63, 3.8) is 0 Å². The summed E-state index contributed by atoms with van der Waals surface area (Å²) in [6.07, 6.45) is 1.73. The van der Waals surface area contributed by atoms with E-state index in [2.05, 4.69) is 0 Å². The van der Waals surface area contributed by atoms with Gasteiger partial charge in [0, 0.05) is 5.57 Å². The molecule has 13 heavy (non-hydrogen) atoms. The van der Waals surface area contributed by atoms with Crippen LogP contribution in [0.4, 0.5) is 0 Å². The average molecular weight is 176 g/mol. The Bertz CT molecular complexity index is 312. The fourth-order valence-electron chi connectivity index (χ4n) is 0.794. The summed E-state index contributed by atoms with van der Waals surface area (Å²) in [4.78, 5) is 11.3. The van der Waals surface area contributed by atoms with Crippen LogP contribution in [0.2, 0.25) is 0 Å². The molecule has 2 nitrogen and oxygen atoms in total. The fraction of sp³-hybridized carbons (Fsp3) is 0.182. The number of carbonyl (C=O) groups is 1. The highest BCUT2D eigenvalue weighted by Crippen LogP contribution is 2.10. The van der Waals surface area contributed by atoms with Crippen LogP contribution in [0.25, 0.3) is 0 Å². The van der Waals surface area contributed by atoms with Gasteiger partial charge in [-0.2, -0.15) is 0 Å². The molecule has 0 heterocycles. The van der Waals surface area contributed by atoms with E-state index >= 15 is 0 Å². The molecule has 1 aromatic rings. The molecule has 0 saturated heterocycles. The number of para-hydroxylation sites is 1. The maximum absolute atomic E-state index is 11.3. The minimum absolute atomic E-state index is 0.297. The highest BCUT2D eigenvalue weighted by molar-refractivity contribution is 5.89. The lowest BCUT2D eigenvalue weighted by Gasteiger charge is -2.02. The molecule has 0 radical (unpaired) electrons. The number of hydrogen-bond donors (Lipinski definition) is 0. The van der Waals surface area contributed by atoms with Crippen molar-refractivity contribution >= 4 is 5.97 Å². The fourth-order valence-corrected chi connectivity index (χ4v) is 0.794. The van der Waals surface area contributed by atoms with Crippen molar-refractivity contribution in [2.75, 3.05) is 0 Å². The molecule has 0 unspecified atom stereocenters. The first-order chi connectivity index (χ1) is 6.24. The molecular formula is C11H12O2. The molecule has 0 spiro atoms. The number of rotatable bonds is 2. The van der Waals surface area contributed by atoms with Crippen LogP contribution >= 0.6 is 0 Å². The molecule has 0 aliphatic rings. The minimum Gasteiger partial charge on any atom is -0.423 e. The van der Waals surface area contributed by atoms with Gasteiger partial charge in [0.05, 0.1) is 0 Å². The van der Waals surface area contributed by atoms with Crippen molar-refractivity contribution < 1.29 is 9.53 Å². The molecule has 0 saturated carbocycles. The van der Waals surface area contributed by atoms with Gasteiger partial charge in [-0.1, -0.05) is 24.3 Å². The van der Waals surface area contributed by atoms with E-state index in [4.69, 9.17) is 4.74 Å². The molecule has 0 fully saturated rings. The SMILES string of the molecule is CC=C(C)C(=O)Oc1ccccc1. The van der Waals surface area contributed by atoms with Crippen molar-refractivity contribution in [3.8, 4) is 5.75 Å². The van der Waals surface area contributed by atoms with E-state index < -0.39 is 0 Å². The van der Waals surface area contributed by atoms with Gasteiger partial charge in [-0.3, -0.25) is 0 Å². The zero-order valence-corrected chi connectivity index (χ0v) is 7.78. The summed E-state index contributed by atoms with van der Waals surface area (Å²) in [6.45, 7) is 3.53. The third kappa shape index (κ3) is 2.75. The topological polar surface area (TPSA) is 26.3 Å². The van der Waals surface area contributed by atoms with Gasteiger partial charge in [0.25, 0.3) is 0 Å². The number of carbonyl (C=O) groups excluding carboxylic acids is 1. The second-order valence-corrected chi connectivity index (χ2v) is 2.67. The summed E-state index contributed by atoms with van der Waals surface area (Å²) in [5.74, 6) is 0.280. The minimum atomic E-state index is -0.297. The molecule has 0 amide bonds. The molecular weight excluding hydrogens is 164 g/mol. The highest BCUT2D eigenvalue weighted by Gasteiger charge is 2.04. The average Bonchev–Trinajstić information content (AvgIpc) is 2.18. The number of hydrogen-bond acceptors (Lipinski definition) is 2. The molecule has 1 rings (SSSR count). The summed E-state index contributed by atoms with van der Waals surface area (Å²) >= 11 is 0. The lowest BCUT2D eigenvalue weighted by molar-refractivity contribution is -0.130. The summed E-state index contributed by atoms with van der Waals surface area (Å²) in [5, 5.41) is 0. The van der Waals surface area contributed by atoms with E-state index in [-0.39, 0.29) is 5.97 Å². The van der Waals surface area contributed by atoms with Crippen LogP contribution in [0, 0.1) is 0 Å². The van der Waals surface area contributed by atoms with Gasteiger partial charge in [0.1, 0.15) is 5.75 Å². The number of esters is 1. The van der Waals surface area contributed by atoms with Crippen LogP contribution in [0.5, 0.6) is 5.75 Å². The Labute approximate surface area is 77.8 Å². The monoisotopic (exact) mass is 176 g/mol. The molecule has 0 atom stereocenters. The third-order valence-corrected chi connectivity index (χ3v) is 1.71. The normalized spacial score (nSPS) is 11.1. The predicted octanol–water partition coefficient (Wildman–Crippen LogP) is 2.56. The number of ether oxygens (including phenoxy) is 1. The first-order valence-corrected chi connectivity index (χ1v) is 4.14. The van der Waals surface area contributed by atoms with E-state index in [1.54, 1.807) is 25.1 Å². The van der Waals surface area contributed by atoms with Gasteiger partial charge >= 0.3 is 5.97 Å². The zero-order chi connectivity index (χ0) is 9.68. The second-order valence-electron chi connectivity index (χ2n) is 2.67. The standard InChI is InChI=1S/C11H12O2/c1-3-9(2)11(12)13-10-7-5-4-6-8-10/h3-8H,1-2H3. The smallest absolute Gasteiger partial charge is 0.338 e. The van der Waals surface area contributed by atoms with Gasteiger partial charge < -0.3 is 4.74 Å². The zero-order valence-electron chi connectivity index (χ0n) is 7.78. The Hall–Kier alpha value is -1.57. The van der Waals surface area contributed by atoms with Crippen molar-refractivity contribution in [1.82, 2.24) is 0 Å². The van der Waals surface area contributed by atoms with Crippen LogP contribution < -0.4 is 4.74 Å². The Balaban J connectivity index is 2.66. The van der Waals surface area contributed by atoms with E-state index in [9.17, 15) is 4.79 Å². The van der Waals surface area contributed by atoms with Crippen molar-refractivity contribution in [2.45, 2.75) is 13.8 Å². The first-order valence-electron chi connectivity index (χ1n) is 4.14. The molecule has 0 aliphatic heterocycles. The Morgan fingerprint density at radius 2 is 1.92 bits per heavy atom. The summed E-state index contributed by atoms with van der Waals surface area (Å²) in [5.41, 5.74) is 0.615. The van der Waals surface area contributed by atoms with Gasteiger partial charge in [0.2, 0.25) is 0 Å². The highest BCUT2D eigenvalue weighted by atomic mass is 16.5. The second kappa shape index (κ2) is 4.45. The number of benzene rings is 1. The molecule has 2 heteroatoms. The Morgan fingerprint density at radius 1 is 1.31 bits per heavy atom. The quantitative estimate of drug-likeness (QED) is 0.393. The van der Waals surface area contributed by atoms with Crippen LogP contribution in [0.1, 0.15) is 13.8 Å². The largest absolute Gasteiger partial charge is 0.423 e.